The standard InChI is InChI=1S/C8H12O5/c1-8(2)4(6(10)12-3)5(9)7(11)13-8/h4-5,9H,1-3H3. The molecule has 0 spiro atoms. The molecular formula is C8H12O5. The van der Waals surface area contributed by atoms with Gasteiger partial charge in [0.15, 0.2) is 6.10 Å². The van der Waals surface area contributed by atoms with Gasteiger partial charge in [-0.05, 0) is 13.8 Å². The largest absolute Gasteiger partial charge is 0.469 e. The lowest BCUT2D eigenvalue weighted by atomic mass is 9.89. The Morgan fingerprint density at radius 2 is 2.15 bits per heavy atom. The third-order valence-electron chi connectivity index (χ3n) is 2.12. The van der Waals surface area contributed by atoms with E-state index in [0.29, 0.717) is 0 Å². The molecule has 0 bridgehead atoms. The van der Waals surface area contributed by atoms with E-state index in [0.717, 1.165) is 0 Å². The zero-order chi connectivity index (χ0) is 10.2. The van der Waals surface area contributed by atoms with Crippen LogP contribution < -0.4 is 0 Å². The lowest BCUT2D eigenvalue weighted by Crippen LogP contribution is -2.39. The molecule has 1 rings (SSSR count). The van der Waals surface area contributed by atoms with Crippen molar-refractivity contribution in [2.45, 2.75) is 25.6 Å². The summed E-state index contributed by atoms with van der Waals surface area (Å²) < 4.78 is 9.26. The lowest BCUT2D eigenvalue weighted by Gasteiger charge is -2.22. The Morgan fingerprint density at radius 1 is 1.62 bits per heavy atom. The maximum Gasteiger partial charge on any atom is 0.336 e. The van der Waals surface area contributed by atoms with Gasteiger partial charge >= 0.3 is 11.9 Å². The van der Waals surface area contributed by atoms with Crippen LogP contribution in [0.1, 0.15) is 13.8 Å². The second-order valence-electron chi connectivity index (χ2n) is 3.47. The molecule has 0 radical (unpaired) electrons. The van der Waals surface area contributed by atoms with E-state index in [9.17, 15) is 14.7 Å². The number of hydrogen-bond acceptors (Lipinski definition) is 5. The van der Waals surface area contributed by atoms with Crippen LogP contribution in [0.3, 0.4) is 0 Å². The van der Waals surface area contributed by atoms with Gasteiger partial charge in [0, 0.05) is 0 Å². The van der Waals surface area contributed by atoms with E-state index in [-0.39, 0.29) is 0 Å². The summed E-state index contributed by atoms with van der Waals surface area (Å²) in [4.78, 5) is 22.1. The van der Waals surface area contributed by atoms with Crippen LogP contribution in [0.25, 0.3) is 0 Å². The van der Waals surface area contributed by atoms with E-state index < -0.39 is 29.6 Å². The van der Waals surface area contributed by atoms with Crippen LogP contribution in [0.5, 0.6) is 0 Å². The number of rotatable bonds is 1. The zero-order valence-electron chi connectivity index (χ0n) is 7.73. The van der Waals surface area contributed by atoms with E-state index in [1.165, 1.54) is 7.11 Å². The van der Waals surface area contributed by atoms with Crippen molar-refractivity contribution in [3.8, 4) is 0 Å². The number of hydrogen-bond donors (Lipinski definition) is 1. The van der Waals surface area contributed by atoms with E-state index in [2.05, 4.69) is 4.74 Å². The summed E-state index contributed by atoms with van der Waals surface area (Å²) in [5.74, 6) is -2.35. The Hall–Kier alpha value is -1.10. The van der Waals surface area contributed by atoms with Gasteiger partial charge in [0.25, 0.3) is 0 Å². The van der Waals surface area contributed by atoms with Gasteiger partial charge in [-0.25, -0.2) is 4.79 Å². The predicted octanol–water partition coefficient (Wildman–Crippen LogP) is -0.528. The highest BCUT2D eigenvalue weighted by Crippen LogP contribution is 2.33. The van der Waals surface area contributed by atoms with Gasteiger partial charge in [-0.3, -0.25) is 4.79 Å². The van der Waals surface area contributed by atoms with Gasteiger partial charge in [0.1, 0.15) is 11.5 Å². The molecule has 0 amide bonds. The molecule has 0 aromatic rings. The summed E-state index contributed by atoms with van der Waals surface area (Å²) in [7, 11) is 1.20. The highest BCUT2D eigenvalue weighted by Gasteiger charge is 2.54. The molecule has 74 valence electrons. The first-order chi connectivity index (χ1) is 5.90. The minimum absolute atomic E-state index is 0.636. The fraction of sp³-hybridized carbons (Fsp3) is 0.750. The molecule has 1 N–H and O–H groups in total. The van der Waals surface area contributed by atoms with Crippen molar-refractivity contribution < 1.29 is 24.2 Å². The van der Waals surface area contributed by atoms with Crippen molar-refractivity contribution in [2.24, 2.45) is 5.92 Å². The fourth-order valence-corrected chi connectivity index (χ4v) is 1.44. The smallest absolute Gasteiger partial charge is 0.336 e. The summed E-state index contributed by atoms with van der Waals surface area (Å²) in [6.45, 7) is 3.12. The van der Waals surface area contributed by atoms with Crippen LogP contribution in [0, 0.1) is 5.92 Å². The van der Waals surface area contributed by atoms with Crippen LogP contribution in [0.4, 0.5) is 0 Å². The Balaban J connectivity index is 2.93. The van der Waals surface area contributed by atoms with E-state index in [1.54, 1.807) is 13.8 Å². The topological polar surface area (TPSA) is 72.8 Å². The molecule has 0 aliphatic carbocycles. The van der Waals surface area contributed by atoms with Crippen LogP contribution in [-0.4, -0.2) is 35.9 Å². The number of ether oxygens (including phenoxy) is 2. The summed E-state index contributed by atoms with van der Waals surface area (Å²) >= 11 is 0. The number of esters is 2. The van der Waals surface area contributed by atoms with Crippen LogP contribution in [0.2, 0.25) is 0 Å². The molecule has 13 heavy (non-hydrogen) atoms. The van der Waals surface area contributed by atoms with Crippen LogP contribution in [0.15, 0.2) is 0 Å². The van der Waals surface area contributed by atoms with Gasteiger partial charge in [0.2, 0.25) is 0 Å². The zero-order valence-corrected chi connectivity index (χ0v) is 7.73. The van der Waals surface area contributed by atoms with Gasteiger partial charge in [-0.1, -0.05) is 0 Å². The minimum atomic E-state index is -1.41. The third kappa shape index (κ3) is 1.51. The molecule has 5 heteroatoms. The summed E-state index contributed by atoms with van der Waals surface area (Å²) in [6, 6.07) is 0. The second kappa shape index (κ2) is 2.99. The number of carbonyl (C=O) groups is 2. The van der Waals surface area contributed by atoms with Gasteiger partial charge < -0.3 is 14.6 Å². The van der Waals surface area contributed by atoms with Crippen molar-refractivity contribution in [1.82, 2.24) is 0 Å². The van der Waals surface area contributed by atoms with E-state index in [1.807, 2.05) is 0 Å². The quantitative estimate of drug-likeness (QED) is 0.560. The van der Waals surface area contributed by atoms with Crippen molar-refractivity contribution in [3.63, 3.8) is 0 Å². The maximum absolute atomic E-state index is 11.2. The number of carbonyl (C=O) groups excluding carboxylic acids is 2. The number of methoxy groups -OCH3 is 1. The molecule has 1 fully saturated rings. The van der Waals surface area contributed by atoms with Gasteiger partial charge in [-0.15, -0.1) is 0 Å². The Morgan fingerprint density at radius 3 is 2.46 bits per heavy atom. The van der Waals surface area contributed by atoms with Crippen molar-refractivity contribution >= 4 is 11.9 Å². The monoisotopic (exact) mass is 188 g/mol. The second-order valence-corrected chi connectivity index (χ2v) is 3.47. The molecule has 2 atom stereocenters. The molecule has 0 aromatic carbocycles. The van der Waals surface area contributed by atoms with Crippen LogP contribution in [-0.2, 0) is 19.1 Å². The van der Waals surface area contributed by atoms with E-state index >= 15 is 0 Å². The Kier molecular flexibility index (Phi) is 2.30. The first-order valence-electron chi connectivity index (χ1n) is 3.89. The lowest BCUT2D eigenvalue weighted by molar-refractivity contribution is -0.153. The number of aliphatic hydroxyl groups excluding tert-OH is 1. The minimum Gasteiger partial charge on any atom is -0.469 e. The van der Waals surface area contributed by atoms with Gasteiger partial charge in [0.05, 0.1) is 7.11 Å². The molecular weight excluding hydrogens is 176 g/mol. The molecule has 1 heterocycles. The summed E-state index contributed by atoms with van der Waals surface area (Å²) in [6.07, 6.45) is -1.41. The fourth-order valence-electron chi connectivity index (χ4n) is 1.44. The molecule has 1 aliphatic rings. The Bertz CT molecular complexity index is 245. The number of aliphatic hydroxyl groups is 1. The molecule has 0 aromatic heterocycles. The summed E-state index contributed by atoms with van der Waals surface area (Å²) in [5, 5.41) is 9.32. The first-order valence-corrected chi connectivity index (χ1v) is 3.89. The third-order valence-corrected chi connectivity index (χ3v) is 2.12. The maximum atomic E-state index is 11.2. The molecule has 5 nitrogen and oxygen atoms in total. The Labute approximate surface area is 75.6 Å². The van der Waals surface area contributed by atoms with Crippen molar-refractivity contribution in [2.75, 3.05) is 7.11 Å². The SMILES string of the molecule is COC(=O)C1C(O)C(=O)OC1(C)C. The highest BCUT2D eigenvalue weighted by molar-refractivity contribution is 5.88. The average molecular weight is 188 g/mol. The van der Waals surface area contributed by atoms with Crippen LogP contribution >= 0.6 is 0 Å². The van der Waals surface area contributed by atoms with Gasteiger partial charge in [-0.2, -0.15) is 0 Å². The molecule has 1 saturated heterocycles. The highest BCUT2D eigenvalue weighted by atomic mass is 16.6. The molecule has 0 saturated carbocycles. The normalized spacial score (nSPS) is 31.2. The summed E-state index contributed by atoms with van der Waals surface area (Å²) in [5.41, 5.74) is -0.996. The number of cyclic esters (lactones) is 1. The molecule has 1 aliphatic heterocycles. The van der Waals surface area contributed by atoms with Crippen molar-refractivity contribution in [3.05, 3.63) is 0 Å². The first kappa shape index (κ1) is 9.98. The predicted molar refractivity (Wildman–Crippen MR) is 41.7 cm³/mol. The van der Waals surface area contributed by atoms with Crippen molar-refractivity contribution in [1.29, 1.82) is 0 Å². The average Bonchev–Trinajstić information content (AvgIpc) is 2.21. The van der Waals surface area contributed by atoms with E-state index in [4.69, 9.17) is 4.74 Å². The molecule has 2 unspecified atom stereocenters.